The molecular formula is C15H25NOS. The third kappa shape index (κ3) is 5.32. The highest BCUT2D eigenvalue weighted by Crippen LogP contribution is 2.15. The SMILES string of the molecule is CCCCCS(=O)CC(NC)c1cccc(C)c1. The van der Waals surface area contributed by atoms with E-state index in [9.17, 15) is 4.21 Å². The van der Waals surface area contributed by atoms with Crippen LogP contribution in [0.2, 0.25) is 0 Å². The first-order valence-corrected chi connectivity index (χ1v) is 8.25. The summed E-state index contributed by atoms with van der Waals surface area (Å²) in [6, 6.07) is 8.64. The van der Waals surface area contributed by atoms with Crippen molar-refractivity contribution in [3.63, 3.8) is 0 Å². The molecule has 0 amide bonds. The van der Waals surface area contributed by atoms with Crippen molar-refractivity contribution in [2.75, 3.05) is 18.6 Å². The Morgan fingerprint density at radius 3 is 2.72 bits per heavy atom. The molecule has 1 aromatic rings. The van der Waals surface area contributed by atoms with Gasteiger partial charge in [0.15, 0.2) is 0 Å². The first-order chi connectivity index (χ1) is 8.67. The number of benzene rings is 1. The van der Waals surface area contributed by atoms with Gasteiger partial charge in [-0.3, -0.25) is 4.21 Å². The molecule has 0 heterocycles. The van der Waals surface area contributed by atoms with E-state index >= 15 is 0 Å². The fraction of sp³-hybridized carbons (Fsp3) is 0.600. The highest BCUT2D eigenvalue weighted by molar-refractivity contribution is 7.85. The number of unbranched alkanes of at least 4 members (excludes halogenated alkanes) is 2. The lowest BCUT2D eigenvalue weighted by molar-refractivity contribution is 0.632. The topological polar surface area (TPSA) is 29.1 Å². The van der Waals surface area contributed by atoms with Crippen LogP contribution in [0.4, 0.5) is 0 Å². The molecule has 3 heteroatoms. The van der Waals surface area contributed by atoms with Crippen LogP contribution in [0.25, 0.3) is 0 Å². The summed E-state index contributed by atoms with van der Waals surface area (Å²) in [5, 5.41) is 3.27. The predicted octanol–water partition coefficient (Wildman–Crippen LogP) is 3.19. The normalized spacial score (nSPS) is 14.4. The van der Waals surface area contributed by atoms with E-state index in [-0.39, 0.29) is 6.04 Å². The van der Waals surface area contributed by atoms with Crippen molar-refractivity contribution in [1.29, 1.82) is 0 Å². The minimum Gasteiger partial charge on any atom is -0.312 e. The zero-order valence-electron chi connectivity index (χ0n) is 11.7. The number of hydrogen-bond acceptors (Lipinski definition) is 2. The first kappa shape index (κ1) is 15.4. The Kier molecular flexibility index (Phi) is 7.21. The van der Waals surface area contributed by atoms with Gasteiger partial charge in [-0.1, -0.05) is 49.6 Å². The van der Waals surface area contributed by atoms with Crippen LogP contribution >= 0.6 is 0 Å². The molecule has 2 unspecified atom stereocenters. The van der Waals surface area contributed by atoms with Gasteiger partial charge in [0.25, 0.3) is 0 Å². The summed E-state index contributed by atoms with van der Waals surface area (Å²) in [6.07, 6.45) is 3.44. The molecule has 0 fully saturated rings. The maximum Gasteiger partial charge on any atom is 0.0434 e. The first-order valence-electron chi connectivity index (χ1n) is 6.76. The summed E-state index contributed by atoms with van der Waals surface area (Å²) in [6.45, 7) is 4.26. The average Bonchev–Trinajstić information content (AvgIpc) is 2.36. The van der Waals surface area contributed by atoms with Gasteiger partial charge in [-0.2, -0.15) is 0 Å². The molecule has 0 aliphatic carbocycles. The van der Waals surface area contributed by atoms with Crippen LogP contribution in [0.1, 0.15) is 43.4 Å². The summed E-state index contributed by atoms with van der Waals surface area (Å²) < 4.78 is 12.0. The molecule has 0 radical (unpaired) electrons. The molecule has 0 spiro atoms. The highest BCUT2D eigenvalue weighted by Gasteiger charge is 2.12. The molecule has 1 rings (SSSR count). The zero-order valence-corrected chi connectivity index (χ0v) is 12.6. The van der Waals surface area contributed by atoms with Gasteiger partial charge in [0.2, 0.25) is 0 Å². The second kappa shape index (κ2) is 8.44. The lowest BCUT2D eigenvalue weighted by Gasteiger charge is -2.16. The minimum atomic E-state index is -0.721. The molecule has 0 aliphatic heterocycles. The maximum absolute atomic E-state index is 12.0. The van der Waals surface area contributed by atoms with E-state index in [0.717, 1.165) is 12.2 Å². The monoisotopic (exact) mass is 267 g/mol. The predicted molar refractivity (Wildman–Crippen MR) is 80.4 cm³/mol. The van der Waals surface area contributed by atoms with Crippen molar-refractivity contribution in [3.05, 3.63) is 35.4 Å². The van der Waals surface area contributed by atoms with Gasteiger partial charge in [0, 0.05) is 28.3 Å². The van der Waals surface area contributed by atoms with Crippen LogP contribution in [-0.2, 0) is 10.8 Å². The Balaban J connectivity index is 2.54. The Morgan fingerprint density at radius 1 is 1.33 bits per heavy atom. The van der Waals surface area contributed by atoms with E-state index < -0.39 is 10.8 Å². The van der Waals surface area contributed by atoms with Crippen LogP contribution in [0, 0.1) is 6.92 Å². The number of rotatable bonds is 8. The number of hydrogen-bond donors (Lipinski definition) is 1. The average molecular weight is 267 g/mol. The fourth-order valence-electron chi connectivity index (χ4n) is 2.02. The molecule has 1 aromatic carbocycles. The largest absolute Gasteiger partial charge is 0.312 e. The van der Waals surface area contributed by atoms with Crippen LogP contribution in [-0.4, -0.2) is 22.8 Å². The van der Waals surface area contributed by atoms with E-state index in [2.05, 4.69) is 43.4 Å². The van der Waals surface area contributed by atoms with Crippen molar-refractivity contribution in [3.8, 4) is 0 Å². The van der Waals surface area contributed by atoms with Crippen molar-refractivity contribution in [2.24, 2.45) is 0 Å². The molecule has 1 N–H and O–H groups in total. The molecule has 0 saturated heterocycles. The molecule has 18 heavy (non-hydrogen) atoms. The molecular weight excluding hydrogens is 242 g/mol. The van der Waals surface area contributed by atoms with Gasteiger partial charge in [-0.25, -0.2) is 0 Å². The lowest BCUT2D eigenvalue weighted by atomic mass is 10.1. The molecule has 0 aliphatic rings. The molecule has 0 saturated carbocycles. The van der Waals surface area contributed by atoms with Crippen LogP contribution in [0.3, 0.4) is 0 Å². The molecule has 0 bridgehead atoms. The van der Waals surface area contributed by atoms with Gasteiger partial charge >= 0.3 is 0 Å². The second-order valence-electron chi connectivity index (χ2n) is 4.77. The van der Waals surface area contributed by atoms with Gasteiger partial charge in [0.05, 0.1) is 0 Å². The third-order valence-corrected chi connectivity index (χ3v) is 4.57. The van der Waals surface area contributed by atoms with Crippen molar-refractivity contribution in [1.82, 2.24) is 5.32 Å². The fourth-order valence-corrected chi connectivity index (χ4v) is 3.44. The summed E-state index contributed by atoms with van der Waals surface area (Å²) in [5.74, 6) is 1.54. The molecule has 0 aromatic heterocycles. The Morgan fingerprint density at radius 2 is 2.11 bits per heavy atom. The minimum absolute atomic E-state index is 0.201. The van der Waals surface area contributed by atoms with E-state index in [1.165, 1.54) is 24.0 Å². The van der Waals surface area contributed by atoms with Gasteiger partial charge in [0.1, 0.15) is 0 Å². The molecule has 2 atom stereocenters. The number of aryl methyl sites for hydroxylation is 1. The van der Waals surface area contributed by atoms with Gasteiger partial charge < -0.3 is 5.32 Å². The van der Waals surface area contributed by atoms with Gasteiger partial charge in [-0.15, -0.1) is 0 Å². The number of nitrogens with one attached hydrogen (secondary N) is 1. The Bertz CT molecular complexity index is 379. The standard InChI is InChI=1S/C15H25NOS/c1-4-5-6-10-18(17)12-15(16-3)14-9-7-8-13(2)11-14/h7-9,11,15-16H,4-6,10,12H2,1-3H3. The summed E-state index contributed by atoms with van der Waals surface area (Å²) in [4.78, 5) is 0. The zero-order chi connectivity index (χ0) is 13.4. The Labute approximate surface area is 114 Å². The lowest BCUT2D eigenvalue weighted by Crippen LogP contribution is -2.23. The third-order valence-electron chi connectivity index (χ3n) is 3.12. The van der Waals surface area contributed by atoms with E-state index in [1.54, 1.807) is 0 Å². The van der Waals surface area contributed by atoms with E-state index in [1.807, 2.05) is 7.05 Å². The van der Waals surface area contributed by atoms with Crippen LogP contribution in [0.15, 0.2) is 24.3 Å². The molecule has 2 nitrogen and oxygen atoms in total. The Hall–Kier alpha value is -0.670. The summed E-state index contributed by atoms with van der Waals surface area (Å²) >= 11 is 0. The summed E-state index contributed by atoms with van der Waals surface area (Å²) in [5.41, 5.74) is 2.49. The van der Waals surface area contributed by atoms with Gasteiger partial charge in [-0.05, 0) is 26.0 Å². The molecule has 102 valence electrons. The van der Waals surface area contributed by atoms with Crippen molar-refractivity contribution < 1.29 is 4.21 Å². The van der Waals surface area contributed by atoms with E-state index in [4.69, 9.17) is 0 Å². The van der Waals surface area contributed by atoms with Crippen LogP contribution < -0.4 is 5.32 Å². The van der Waals surface area contributed by atoms with E-state index in [0.29, 0.717) is 5.75 Å². The second-order valence-corrected chi connectivity index (χ2v) is 6.39. The maximum atomic E-state index is 12.0. The van der Waals surface area contributed by atoms with Crippen molar-refractivity contribution >= 4 is 10.8 Å². The van der Waals surface area contributed by atoms with Crippen LogP contribution in [0.5, 0.6) is 0 Å². The summed E-state index contributed by atoms with van der Waals surface area (Å²) in [7, 11) is 1.22. The van der Waals surface area contributed by atoms with Crippen molar-refractivity contribution in [2.45, 2.75) is 39.2 Å². The quantitative estimate of drug-likeness (QED) is 0.733. The smallest absolute Gasteiger partial charge is 0.0434 e. The highest BCUT2D eigenvalue weighted by atomic mass is 32.2.